The van der Waals surface area contributed by atoms with Crippen LogP contribution in [0.3, 0.4) is 0 Å². The van der Waals surface area contributed by atoms with Crippen molar-refractivity contribution in [3.8, 4) is 5.75 Å². The van der Waals surface area contributed by atoms with Crippen LogP contribution in [-0.4, -0.2) is 32.1 Å². The molecule has 0 saturated carbocycles. The van der Waals surface area contributed by atoms with E-state index in [9.17, 15) is 4.79 Å². The van der Waals surface area contributed by atoms with Crippen LogP contribution in [0.25, 0.3) is 0 Å². The van der Waals surface area contributed by atoms with E-state index in [1.54, 1.807) is 0 Å². The second-order valence-corrected chi connectivity index (χ2v) is 8.60. The van der Waals surface area contributed by atoms with Crippen LogP contribution in [0.1, 0.15) is 53.0 Å². The van der Waals surface area contributed by atoms with Gasteiger partial charge < -0.3 is 15.4 Å². The molecule has 5 heteroatoms. The highest BCUT2D eigenvalue weighted by Crippen LogP contribution is 2.29. The van der Waals surface area contributed by atoms with E-state index >= 15 is 0 Å². The third-order valence-electron chi connectivity index (χ3n) is 5.21. The van der Waals surface area contributed by atoms with Gasteiger partial charge in [0.05, 0.1) is 12.0 Å². The molecule has 0 radical (unpaired) electrons. The van der Waals surface area contributed by atoms with Crippen LogP contribution >= 0.6 is 12.4 Å². The molecule has 1 amide bonds. The highest BCUT2D eigenvalue weighted by molar-refractivity contribution is 5.87. The average Bonchev–Trinajstić information content (AvgIpc) is 2.59. The Morgan fingerprint density at radius 2 is 1.81 bits per heavy atom. The molecule has 1 aliphatic heterocycles. The number of carbonyl (C=O) groups is 1. The van der Waals surface area contributed by atoms with Crippen molar-refractivity contribution in [1.82, 2.24) is 10.6 Å². The molecule has 0 aromatic heterocycles. The third-order valence-corrected chi connectivity index (χ3v) is 5.21. The van der Waals surface area contributed by atoms with Crippen LogP contribution in [0.4, 0.5) is 0 Å². The average molecular weight is 383 g/mol. The quantitative estimate of drug-likeness (QED) is 0.751. The van der Waals surface area contributed by atoms with E-state index in [0.717, 1.165) is 43.8 Å². The zero-order valence-electron chi connectivity index (χ0n) is 16.9. The van der Waals surface area contributed by atoms with Crippen molar-refractivity contribution in [2.24, 2.45) is 11.3 Å². The van der Waals surface area contributed by atoms with Gasteiger partial charge >= 0.3 is 0 Å². The number of halogens is 1. The summed E-state index contributed by atoms with van der Waals surface area (Å²) < 4.78 is 5.73. The molecule has 26 heavy (non-hydrogen) atoms. The van der Waals surface area contributed by atoms with Crippen molar-refractivity contribution >= 4 is 18.3 Å². The van der Waals surface area contributed by atoms with Gasteiger partial charge in [-0.2, -0.15) is 0 Å². The molecule has 1 aromatic carbocycles. The van der Waals surface area contributed by atoms with Crippen LogP contribution < -0.4 is 15.4 Å². The molecule has 1 saturated heterocycles. The molecule has 0 bridgehead atoms. The van der Waals surface area contributed by atoms with Gasteiger partial charge in [0, 0.05) is 6.54 Å². The fourth-order valence-corrected chi connectivity index (χ4v) is 3.08. The molecule has 4 nitrogen and oxygen atoms in total. The molecule has 0 unspecified atom stereocenters. The SMILES string of the molecule is CC(C)COc1ccc(C(C)(C)C(=O)NCC2(C)CCNCC2)cc1.Cl. The minimum absolute atomic E-state index is 0. The maximum absolute atomic E-state index is 12.8. The minimum atomic E-state index is -0.556. The summed E-state index contributed by atoms with van der Waals surface area (Å²) in [5.41, 5.74) is 0.656. The van der Waals surface area contributed by atoms with Crippen LogP contribution in [0.5, 0.6) is 5.75 Å². The molecule has 0 atom stereocenters. The second kappa shape index (κ2) is 9.61. The Balaban J connectivity index is 0.00000338. The van der Waals surface area contributed by atoms with Gasteiger partial charge in [-0.3, -0.25) is 4.79 Å². The lowest BCUT2D eigenvalue weighted by molar-refractivity contribution is -0.126. The molecule has 2 N–H and O–H groups in total. The largest absolute Gasteiger partial charge is 0.493 e. The number of nitrogens with one attached hydrogen (secondary N) is 2. The van der Waals surface area contributed by atoms with Gasteiger partial charge in [-0.1, -0.05) is 32.9 Å². The van der Waals surface area contributed by atoms with E-state index in [0.29, 0.717) is 12.5 Å². The van der Waals surface area contributed by atoms with Crippen molar-refractivity contribution < 1.29 is 9.53 Å². The maximum Gasteiger partial charge on any atom is 0.230 e. The van der Waals surface area contributed by atoms with Gasteiger partial charge in [0.15, 0.2) is 0 Å². The predicted molar refractivity (Wildman–Crippen MR) is 110 cm³/mol. The first kappa shape index (κ1) is 22.8. The summed E-state index contributed by atoms with van der Waals surface area (Å²) in [5.74, 6) is 1.44. The lowest BCUT2D eigenvalue weighted by Crippen LogP contribution is -2.47. The summed E-state index contributed by atoms with van der Waals surface area (Å²) in [6.07, 6.45) is 2.21. The zero-order valence-corrected chi connectivity index (χ0v) is 17.7. The van der Waals surface area contributed by atoms with Crippen molar-refractivity contribution in [2.75, 3.05) is 26.2 Å². The van der Waals surface area contributed by atoms with E-state index in [1.807, 2.05) is 38.1 Å². The number of carbonyl (C=O) groups excluding carboxylic acids is 1. The molecule has 1 aromatic rings. The van der Waals surface area contributed by atoms with Crippen molar-refractivity contribution in [1.29, 1.82) is 0 Å². The highest BCUT2D eigenvalue weighted by Gasteiger charge is 2.33. The summed E-state index contributed by atoms with van der Waals surface area (Å²) in [5, 5.41) is 6.57. The predicted octanol–water partition coefficient (Wildman–Crippen LogP) is 3.93. The zero-order chi connectivity index (χ0) is 18.5. The third kappa shape index (κ3) is 6.17. The second-order valence-electron chi connectivity index (χ2n) is 8.60. The van der Waals surface area contributed by atoms with Crippen molar-refractivity contribution in [3.63, 3.8) is 0 Å². The summed E-state index contributed by atoms with van der Waals surface area (Å²) in [7, 11) is 0. The van der Waals surface area contributed by atoms with E-state index < -0.39 is 5.41 Å². The number of hydrogen-bond donors (Lipinski definition) is 2. The van der Waals surface area contributed by atoms with Crippen LogP contribution in [0.2, 0.25) is 0 Å². The van der Waals surface area contributed by atoms with Crippen molar-refractivity contribution in [3.05, 3.63) is 29.8 Å². The van der Waals surface area contributed by atoms with Gasteiger partial charge in [0.25, 0.3) is 0 Å². The van der Waals surface area contributed by atoms with E-state index in [4.69, 9.17) is 4.74 Å². The molecule has 1 aliphatic rings. The van der Waals surface area contributed by atoms with Gasteiger partial charge in [-0.05, 0) is 68.8 Å². The van der Waals surface area contributed by atoms with Gasteiger partial charge in [-0.15, -0.1) is 12.4 Å². The lowest BCUT2D eigenvalue weighted by Gasteiger charge is -2.35. The Kier molecular flexibility index (Phi) is 8.42. The summed E-state index contributed by atoms with van der Waals surface area (Å²) in [6.45, 7) is 14.0. The first-order valence-electron chi connectivity index (χ1n) is 9.45. The lowest BCUT2D eigenvalue weighted by atomic mass is 9.79. The summed E-state index contributed by atoms with van der Waals surface area (Å²) in [4.78, 5) is 12.8. The Labute approximate surface area is 164 Å². The molecule has 1 fully saturated rings. The van der Waals surface area contributed by atoms with Crippen molar-refractivity contribution in [2.45, 2.75) is 52.9 Å². The molecule has 0 spiro atoms. The summed E-state index contributed by atoms with van der Waals surface area (Å²) >= 11 is 0. The number of benzene rings is 1. The summed E-state index contributed by atoms with van der Waals surface area (Å²) in [6, 6.07) is 7.92. The fraction of sp³-hybridized carbons (Fsp3) is 0.667. The molecule has 1 heterocycles. The molecular formula is C21H35ClN2O2. The smallest absolute Gasteiger partial charge is 0.230 e. The fourth-order valence-electron chi connectivity index (χ4n) is 3.08. The Morgan fingerprint density at radius 3 is 2.35 bits per heavy atom. The first-order chi connectivity index (χ1) is 11.7. The van der Waals surface area contributed by atoms with E-state index in [2.05, 4.69) is 31.4 Å². The molecule has 148 valence electrons. The normalized spacial score (nSPS) is 16.7. The van der Waals surface area contributed by atoms with Crippen LogP contribution in [-0.2, 0) is 10.2 Å². The molecular weight excluding hydrogens is 348 g/mol. The monoisotopic (exact) mass is 382 g/mol. The van der Waals surface area contributed by atoms with E-state index in [1.165, 1.54) is 0 Å². The Bertz CT molecular complexity index is 564. The van der Waals surface area contributed by atoms with Crippen LogP contribution in [0.15, 0.2) is 24.3 Å². The molecule has 0 aliphatic carbocycles. The van der Waals surface area contributed by atoms with E-state index in [-0.39, 0.29) is 23.7 Å². The minimum Gasteiger partial charge on any atom is -0.493 e. The van der Waals surface area contributed by atoms with Crippen LogP contribution in [0, 0.1) is 11.3 Å². The maximum atomic E-state index is 12.8. The first-order valence-corrected chi connectivity index (χ1v) is 9.45. The Morgan fingerprint density at radius 1 is 1.23 bits per heavy atom. The van der Waals surface area contributed by atoms with Gasteiger partial charge in [0.2, 0.25) is 5.91 Å². The number of piperidine rings is 1. The number of amides is 1. The number of ether oxygens (including phenoxy) is 1. The standard InChI is InChI=1S/C21H34N2O2.ClH/c1-16(2)14-25-18-8-6-17(7-9-18)20(3,4)19(24)23-15-21(5)10-12-22-13-11-21;/h6-9,16,22H,10-15H2,1-5H3,(H,23,24);1H. The Hall–Kier alpha value is -1.26. The number of rotatable bonds is 7. The molecule has 2 rings (SSSR count). The number of hydrogen-bond acceptors (Lipinski definition) is 3. The van der Waals surface area contributed by atoms with Gasteiger partial charge in [0.1, 0.15) is 5.75 Å². The topological polar surface area (TPSA) is 50.4 Å². The highest BCUT2D eigenvalue weighted by atomic mass is 35.5. The van der Waals surface area contributed by atoms with Gasteiger partial charge in [-0.25, -0.2) is 0 Å².